The van der Waals surface area contributed by atoms with Crippen molar-refractivity contribution in [2.24, 2.45) is 5.92 Å². The lowest BCUT2D eigenvalue weighted by atomic mass is 9.91. The summed E-state index contributed by atoms with van der Waals surface area (Å²) in [7, 11) is 1.99. The molecule has 2 saturated heterocycles. The Morgan fingerprint density at radius 3 is 3.45 bits per heavy atom. The summed E-state index contributed by atoms with van der Waals surface area (Å²) in [5.41, 5.74) is 0.134. The third-order valence-electron chi connectivity index (χ3n) is 2.89. The van der Waals surface area contributed by atoms with Gasteiger partial charge in [-0.2, -0.15) is 0 Å². The van der Waals surface area contributed by atoms with E-state index in [0.717, 1.165) is 32.2 Å². The highest BCUT2D eigenvalue weighted by atomic mass is 16.5. The molecule has 2 fully saturated rings. The van der Waals surface area contributed by atoms with Gasteiger partial charge in [0.2, 0.25) is 0 Å². The summed E-state index contributed by atoms with van der Waals surface area (Å²) < 4.78 is 5.78. The van der Waals surface area contributed by atoms with Crippen molar-refractivity contribution in [3.8, 4) is 0 Å². The summed E-state index contributed by atoms with van der Waals surface area (Å²) in [6, 6.07) is 0. The maximum atomic E-state index is 5.78. The highest BCUT2D eigenvalue weighted by Gasteiger charge is 2.46. The van der Waals surface area contributed by atoms with Gasteiger partial charge in [-0.1, -0.05) is 0 Å². The molecule has 64 valence electrons. The molecule has 0 aromatic heterocycles. The number of hydrogen-bond donors (Lipinski definition) is 2. The molecule has 2 aliphatic heterocycles. The van der Waals surface area contributed by atoms with Gasteiger partial charge in [0, 0.05) is 32.2 Å². The quantitative estimate of drug-likeness (QED) is 0.570. The van der Waals surface area contributed by atoms with Crippen LogP contribution in [0.3, 0.4) is 0 Å². The van der Waals surface area contributed by atoms with E-state index in [2.05, 4.69) is 10.6 Å². The third-order valence-corrected chi connectivity index (χ3v) is 2.89. The highest BCUT2D eigenvalue weighted by molar-refractivity contribution is 5.01. The Labute approximate surface area is 67.5 Å². The van der Waals surface area contributed by atoms with Crippen LogP contribution in [0.25, 0.3) is 0 Å². The molecule has 0 saturated carbocycles. The zero-order chi connectivity index (χ0) is 7.73. The van der Waals surface area contributed by atoms with Crippen molar-refractivity contribution in [1.82, 2.24) is 10.6 Å². The van der Waals surface area contributed by atoms with Crippen molar-refractivity contribution in [2.75, 3.05) is 33.3 Å². The second-order valence-electron chi connectivity index (χ2n) is 3.56. The number of hydrogen-bond acceptors (Lipinski definition) is 3. The normalized spacial score (nSPS) is 42.8. The third kappa shape index (κ3) is 1.08. The number of nitrogens with one attached hydrogen (secondary N) is 2. The molecule has 0 aromatic carbocycles. The molecule has 0 spiro atoms. The topological polar surface area (TPSA) is 33.3 Å². The summed E-state index contributed by atoms with van der Waals surface area (Å²) >= 11 is 0. The van der Waals surface area contributed by atoms with Gasteiger partial charge >= 0.3 is 0 Å². The van der Waals surface area contributed by atoms with Gasteiger partial charge < -0.3 is 15.4 Å². The highest BCUT2D eigenvalue weighted by Crippen LogP contribution is 2.34. The smallest absolute Gasteiger partial charge is 0.0970 e. The van der Waals surface area contributed by atoms with Crippen molar-refractivity contribution in [3.63, 3.8) is 0 Å². The Bertz CT molecular complexity index is 139. The largest absolute Gasteiger partial charge is 0.372 e. The molecular formula is C8H16N2O. The Morgan fingerprint density at radius 2 is 2.64 bits per heavy atom. The van der Waals surface area contributed by atoms with Gasteiger partial charge in [0.1, 0.15) is 0 Å². The summed E-state index contributed by atoms with van der Waals surface area (Å²) in [6.45, 7) is 4.11. The summed E-state index contributed by atoms with van der Waals surface area (Å²) in [5, 5.41) is 6.59. The lowest BCUT2D eigenvalue weighted by molar-refractivity contribution is 0.00558. The van der Waals surface area contributed by atoms with E-state index in [1.165, 1.54) is 6.42 Å². The van der Waals surface area contributed by atoms with Gasteiger partial charge in [-0.25, -0.2) is 0 Å². The first kappa shape index (κ1) is 7.53. The molecule has 3 nitrogen and oxygen atoms in total. The second kappa shape index (κ2) is 2.73. The molecule has 2 atom stereocenters. The maximum absolute atomic E-state index is 5.78. The predicted molar refractivity (Wildman–Crippen MR) is 43.6 cm³/mol. The van der Waals surface area contributed by atoms with Crippen LogP contribution < -0.4 is 10.6 Å². The SMILES string of the molecule is CNCC12CNCC1CCO2. The average molecular weight is 156 g/mol. The van der Waals surface area contributed by atoms with Crippen LogP contribution in [0.2, 0.25) is 0 Å². The number of fused-ring (bicyclic) bond motifs is 1. The van der Waals surface area contributed by atoms with Gasteiger partial charge in [0.25, 0.3) is 0 Å². The van der Waals surface area contributed by atoms with Crippen molar-refractivity contribution >= 4 is 0 Å². The molecule has 2 heterocycles. The minimum atomic E-state index is 0.134. The van der Waals surface area contributed by atoms with Crippen LogP contribution in [-0.4, -0.2) is 38.9 Å². The van der Waals surface area contributed by atoms with Crippen LogP contribution in [-0.2, 0) is 4.74 Å². The number of rotatable bonds is 2. The van der Waals surface area contributed by atoms with E-state index in [9.17, 15) is 0 Å². The van der Waals surface area contributed by atoms with Crippen LogP contribution in [0.15, 0.2) is 0 Å². The fourth-order valence-electron chi connectivity index (χ4n) is 2.28. The molecule has 0 amide bonds. The molecule has 3 heteroatoms. The fraction of sp³-hybridized carbons (Fsp3) is 1.00. The van der Waals surface area contributed by atoms with E-state index < -0.39 is 0 Å². The fourth-order valence-corrected chi connectivity index (χ4v) is 2.28. The Morgan fingerprint density at radius 1 is 1.73 bits per heavy atom. The van der Waals surface area contributed by atoms with E-state index in [1.807, 2.05) is 7.05 Å². The van der Waals surface area contributed by atoms with Crippen LogP contribution in [0.4, 0.5) is 0 Å². The first-order valence-electron chi connectivity index (χ1n) is 4.37. The monoisotopic (exact) mass is 156 g/mol. The van der Waals surface area contributed by atoms with E-state index in [4.69, 9.17) is 4.74 Å². The molecule has 11 heavy (non-hydrogen) atoms. The number of ether oxygens (including phenoxy) is 1. The van der Waals surface area contributed by atoms with E-state index in [0.29, 0.717) is 0 Å². The first-order valence-corrected chi connectivity index (χ1v) is 4.37. The Hall–Kier alpha value is -0.120. The molecule has 2 rings (SSSR count). The van der Waals surface area contributed by atoms with Gasteiger partial charge in [0.05, 0.1) is 5.60 Å². The molecule has 0 bridgehead atoms. The lowest BCUT2D eigenvalue weighted by Gasteiger charge is -2.26. The van der Waals surface area contributed by atoms with Crippen molar-refractivity contribution < 1.29 is 4.74 Å². The molecular weight excluding hydrogens is 140 g/mol. The predicted octanol–water partition coefficient (Wildman–Crippen LogP) is -0.416. The number of likely N-dealkylation sites (N-methyl/N-ethyl adjacent to an activating group) is 1. The van der Waals surface area contributed by atoms with E-state index >= 15 is 0 Å². The Kier molecular flexibility index (Phi) is 1.87. The van der Waals surface area contributed by atoms with E-state index in [-0.39, 0.29) is 5.60 Å². The minimum Gasteiger partial charge on any atom is -0.372 e. The van der Waals surface area contributed by atoms with Gasteiger partial charge in [-0.3, -0.25) is 0 Å². The summed E-state index contributed by atoms with van der Waals surface area (Å²) in [5.74, 6) is 0.745. The average Bonchev–Trinajstić information content (AvgIpc) is 2.45. The maximum Gasteiger partial charge on any atom is 0.0970 e. The molecule has 2 N–H and O–H groups in total. The van der Waals surface area contributed by atoms with Crippen molar-refractivity contribution in [2.45, 2.75) is 12.0 Å². The van der Waals surface area contributed by atoms with Crippen LogP contribution >= 0.6 is 0 Å². The zero-order valence-corrected chi connectivity index (χ0v) is 7.02. The lowest BCUT2D eigenvalue weighted by Crippen LogP contribution is -2.44. The van der Waals surface area contributed by atoms with Gasteiger partial charge in [-0.05, 0) is 13.5 Å². The first-order chi connectivity index (χ1) is 5.37. The van der Waals surface area contributed by atoms with Gasteiger partial charge in [-0.15, -0.1) is 0 Å². The van der Waals surface area contributed by atoms with E-state index in [1.54, 1.807) is 0 Å². The minimum absolute atomic E-state index is 0.134. The summed E-state index contributed by atoms with van der Waals surface area (Å²) in [4.78, 5) is 0. The molecule has 0 aromatic rings. The van der Waals surface area contributed by atoms with Crippen LogP contribution in [0.5, 0.6) is 0 Å². The molecule has 0 aliphatic carbocycles. The second-order valence-corrected chi connectivity index (χ2v) is 3.56. The van der Waals surface area contributed by atoms with Crippen molar-refractivity contribution in [1.29, 1.82) is 0 Å². The Balaban J connectivity index is 2.07. The van der Waals surface area contributed by atoms with Crippen molar-refractivity contribution in [3.05, 3.63) is 0 Å². The van der Waals surface area contributed by atoms with Crippen LogP contribution in [0, 0.1) is 5.92 Å². The standard InChI is InChI=1S/C8H16N2O/c1-9-5-8-6-10-4-7(8)2-3-11-8/h7,9-10H,2-6H2,1H3. The summed E-state index contributed by atoms with van der Waals surface area (Å²) in [6.07, 6.45) is 1.23. The van der Waals surface area contributed by atoms with Gasteiger partial charge in [0.15, 0.2) is 0 Å². The molecule has 2 aliphatic rings. The van der Waals surface area contributed by atoms with Crippen LogP contribution in [0.1, 0.15) is 6.42 Å². The molecule has 0 radical (unpaired) electrons. The molecule has 2 unspecified atom stereocenters. The zero-order valence-electron chi connectivity index (χ0n) is 7.02.